The maximum absolute atomic E-state index is 5.46. The average molecular weight is 305 g/mol. The van der Waals surface area contributed by atoms with Gasteiger partial charge in [-0.05, 0) is 43.1 Å². The van der Waals surface area contributed by atoms with Gasteiger partial charge in [0.15, 0.2) is 0 Å². The molecule has 1 unspecified atom stereocenters. The molecular weight excluding hydrogens is 282 g/mol. The summed E-state index contributed by atoms with van der Waals surface area (Å²) < 4.78 is 10.8. The van der Waals surface area contributed by atoms with Crippen molar-refractivity contribution in [3.8, 4) is 11.5 Å². The summed E-state index contributed by atoms with van der Waals surface area (Å²) >= 11 is 1.72. The molecule has 0 radical (unpaired) electrons. The smallest absolute Gasteiger partial charge is 0.129 e. The number of methoxy groups -OCH3 is 2. The Morgan fingerprint density at radius 3 is 2.24 bits per heavy atom. The minimum Gasteiger partial charge on any atom is -0.496 e. The van der Waals surface area contributed by atoms with Crippen molar-refractivity contribution >= 4 is 11.3 Å². The van der Waals surface area contributed by atoms with Crippen LogP contribution in [0.25, 0.3) is 0 Å². The van der Waals surface area contributed by atoms with E-state index in [4.69, 9.17) is 9.47 Å². The molecule has 1 heterocycles. The summed E-state index contributed by atoms with van der Waals surface area (Å²) in [6.45, 7) is 7.22. The number of aryl methyl sites for hydroxylation is 2. The normalized spacial score (nSPS) is 12.2. The van der Waals surface area contributed by atoms with Crippen molar-refractivity contribution in [2.24, 2.45) is 0 Å². The highest BCUT2D eigenvalue weighted by atomic mass is 32.1. The van der Waals surface area contributed by atoms with Gasteiger partial charge >= 0.3 is 0 Å². The maximum Gasteiger partial charge on any atom is 0.129 e. The highest BCUT2D eigenvalue weighted by Crippen LogP contribution is 2.34. The lowest BCUT2D eigenvalue weighted by atomic mass is 9.99. The lowest BCUT2D eigenvalue weighted by Gasteiger charge is -2.19. The molecule has 0 bridgehead atoms. The molecule has 0 amide bonds. The quantitative estimate of drug-likeness (QED) is 0.872. The van der Waals surface area contributed by atoms with Crippen LogP contribution in [0.2, 0.25) is 0 Å². The van der Waals surface area contributed by atoms with Crippen molar-refractivity contribution in [1.29, 1.82) is 0 Å². The van der Waals surface area contributed by atoms with Crippen LogP contribution in [-0.4, -0.2) is 20.8 Å². The number of thiophene rings is 1. The highest BCUT2D eigenvalue weighted by Gasteiger charge is 2.18. The van der Waals surface area contributed by atoms with E-state index in [1.165, 1.54) is 21.6 Å². The Balaban J connectivity index is 2.42. The molecule has 0 aliphatic rings. The Morgan fingerprint density at radius 1 is 1.10 bits per heavy atom. The van der Waals surface area contributed by atoms with Crippen LogP contribution in [0.4, 0.5) is 0 Å². The third-order valence-corrected chi connectivity index (χ3v) is 4.52. The molecule has 0 fully saturated rings. The van der Waals surface area contributed by atoms with Crippen molar-refractivity contribution in [3.63, 3.8) is 0 Å². The molecule has 1 aromatic heterocycles. The van der Waals surface area contributed by atoms with Crippen molar-refractivity contribution in [2.45, 2.75) is 26.8 Å². The zero-order valence-corrected chi connectivity index (χ0v) is 14.1. The molecule has 0 saturated heterocycles. The van der Waals surface area contributed by atoms with Gasteiger partial charge < -0.3 is 14.8 Å². The molecule has 0 spiro atoms. The molecule has 1 atom stereocenters. The van der Waals surface area contributed by atoms with Crippen molar-refractivity contribution < 1.29 is 9.47 Å². The van der Waals surface area contributed by atoms with Crippen LogP contribution in [0.5, 0.6) is 11.5 Å². The SMILES string of the molecule is CCNC(c1cc(C)c(OC)c(C)c1)c1cc(OC)cs1. The second-order valence-corrected chi connectivity index (χ2v) is 6.01. The minimum atomic E-state index is 0.187. The molecule has 2 aromatic rings. The predicted octanol–water partition coefficient (Wildman–Crippen LogP) is 4.08. The van der Waals surface area contributed by atoms with Gasteiger partial charge in [-0.15, -0.1) is 11.3 Å². The molecule has 1 N–H and O–H groups in total. The van der Waals surface area contributed by atoms with E-state index in [0.717, 1.165) is 18.0 Å². The molecule has 0 aliphatic heterocycles. The zero-order valence-electron chi connectivity index (χ0n) is 13.3. The van der Waals surface area contributed by atoms with Crippen LogP contribution in [-0.2, 0) is 0 Å². The van der Waals surface area contributed by atoms with E-state index >= 15 is 0 Å². The first kappa shape index (κ1) is 15.9. The summed E-state index contributed by atoms with van der Waals surface area (Å²) in [5.41, 5.74) is 3.59. The summed E-state index contributed by atoms with van der Waals surface area (Å²) in [5, 5.41) is 5.60. The Bertz CT molecular complexity index is 584. The van der Waals surface area contributed by atoms with Crippen LogP contribution >= 0.6 is 11.3 Å². The van der Waals surface area contributed by atoms with Gasteiger partial charge in [-0.2, -0.15) is 0 Å². The summed E-state index contributed by atoms with van der Waals surface area (Å²) in [5.74, 6) is 1.89. The number of nitrogens with one attached hydrogen (secondary N) is 1. The maximum atomic E-state index is 5.46. The van der Waals surface area contributed by atoms with Gasteiger partial charge in [0.1, 0.15) is 11.5 Å². The largest absolute Gasteiger partial charge is 0.496 e. The summed E-state index contributed by atoms with van der Waals surface area (Å²) in [6, 6.07) is 6.69. The van der Waals surface area contributed by atoms with Crippen LogP contribution in [0.1, 0.15) is 34.5 Å². The fourth-order valence-electron chi connectivity index (χ4n) is 2.65. The van der Waals surface area contributed by atoms with Gasteiger partial charge in [0.05, 0.1) is 20.3 Å². The third-order valence-electron chi connectivity index (χ3n) is 3.54. The Hall–Kier alpha value is -1.52. The second kappa shape index (κ2) is 6.96. The monoisotopic (exact) mass is 305 g/mol. The van der Waals surface area contributed by atoms with Gasteiger partial charge in [-0.3, -0.25) is 0 Å². The van der Waals surface area contributed by atoms with Gasteiger partial charge in [-0.1, -0.05) is 19.1 Å². The minimum absolute atomic E-state index is 0.187. The van der Waals surface area contributed by atoms with Crippen LogP contribution in [0.15, 0.2) is 23.6 Å². The molecule has 1 aromatic carbocycles. The lowest BCUT2D eigenvalue weighted by Crippen LogP contribution is -2.21. The summed E-state index contributed by atoms with van der Waals surface area (Å²) in [4.78, 5) is 1.26. The number of ether oxygens (including phenoxy) is 2. The van der Waals surface area contributed by atoms with E-state index in [0.29, 0.717) is 0 Å². The number of hydrogen-bond donors (Lipinski definition) is 1. The second-order valence-electron chi connectivity index (χ2n) is 5.07. The van der Waals surface area contributed by atoms with E-state index in [1.807, 2.05) is 5.38 Å². The van der Waals surface area contributed by atoms with Crippen LogP contribution < -0.4 is 14.8 Å². The van der Waals surface area contributed by atoms with Crippen molar-refractivity contribution in [3.05, 3.63) is 45.1 Å². The van der Waals surface area contributed by atoms with Gasteiger partial charge in [0, 0.05) is 10.3 Å². The molecule has 0 aliphatic carbocycles. The van der Waals surface area contributed by atoms with E-state index in [2.05, 4.69) is 44.3 Å². The molecular formula is C17H23NO2S. The molecule has 21 heavy (non-hydrogen) atoms. The highest BCUT2D eigenvalue weighted by molar-refractivity contribution is 7.10. The first-order chi connectivity index (χ1) is 10.1. The van der Waals surface area contributed by atoms with E-state index in [9.17, 15) is 0 Å². The van der Waals surface area contributed by atoms with Gasteiger partial charge in [-0.25, -0.2) is 0 Å². The number of hydrogen-bond acceptors (Lipinski definition) is 4. The standard InChI is InChI=1S/C17H23NO2S/c1-6-18-16(15-9-14(19-4)10-21-15)13-7-11(2)17(20-5)12(3)8-13/h7-10,16,18H,6H2,1-5H3. The Labute approximate surface area is 130 Å². The zero-order chi connectivity index (χ0) is 15.4. The summed E-state index contributed by atoms with van der Waals surface area (Å²) in [6.07, 6.45) is 0. The molecule has 3 nitrogen and oxygen atoms in total. The lowest BCUT2D eigenvalue weighted by molar-refractivity contribution is 0.408. The van der Waals surface area contributed by atoms with Crippen LogP contribution in [0, 0.1) is 13.8 Å². The Morgan fingerprint density at radius 2 is 1.76 bits per heavy atom. The van der Waals surface area contributed by atoms with E-state index < -0.39 is 0 Å². The van der Waals surface area contributed by atoms with E-state index in [1.54, 1.807) is 25.6 Å². The fraction of sp³-hybridized carbons (Fsp3) is 0.412. The predicted molar refractivity (Wildman–Crippen MR) is 88.9 cm³/mol. The van der Waals surface area contributed by atoms with Gasteiger partial charge in [0.2, 0.25) is 0 Å². The topological polar surface area (TPSA) is 30.5 Å². The molecule has 4 heteroatoms. The van der Waals surface area contributed by atoms with Crippen molar-refractivity contribution in [2.75, 3.05) is 20.8 Å². The van der Waals surface area contributed by atoms with Gasteiger partial charge in [0.25, 0.3) is 0 Å². The van der Waals surface area contributed by atoms with Crippen molar-refractivity contribution in [1.82, 2.24) is 5.32 Å². The van der Waals surface area contributed by atoms with E-state index in [-0.39, 0.29) is 6.04 Å². The summed E-state index contributed by atoms with van der Waals surface area (Å²) in [7, 11) is 3.43. The number of benzene rings is 1. The fourth-order valence-corrected chi connectivity index (χ4v) is 3.61. The van der Waals surface area contributed by atoms with Crippen LogP contribution in [0.3, 0.4) is 0 Å². The third kappa shape index (κ3) is 3.39. The first-order valence-electron chi connectivity index (χ1n) is 7.11. The molecule has 114 valence electrons. The molecule has 0 saturated carbocycles. The number of rotatable bonds is 6. The molecule has 2 rings (SSSR count). The Kier molecular flexibility index (Phi) is 5.26. The average Bonchev–Trinajstić information content (AvgIpc) is 2.93. The first-order valence-corrected chi connectivity index (χ1v) is 7.99.